The molecular formula is C13H10N4S. The number of thiazole rings is 1. The molecule has 0 spiro atoms. The Bertz CT molecular complexity index is 649. The zero-order valence-corrected chi connectivity index (χ0v) is 10.3. The Labute approximate surface area is 108 Å². The molecule has 0 saturated carbocycles. The molecule has 0 aliphatic heterocycles. The van der Waals surface area contributed by atoms with Crippen LogP contribution in [-0.2, 0) is 0 Å². The molecule has 0 bridgehead atoms. The Hall–Kier alpha value is -2.27. The highest BCUT2D eigenvalue weighted by atomic mass is 32.1. The summed E-state index contributed by atoms with van der Waals surface area (Å²) in [6.07, 6.45) is 5.25. The summed E-state index contributed by atoms with van der Waals surface area (Å²) in [6.45, 7) is 0. The lowest BCUT2D eigenvalue weighted by Crippen LogP contribution is -1.88. The number of aromatic nitrogens is 3. The molecule has 88 valence electrons. The van der Waals surface area contributed by atoms with Crippen LogP contribution in [0.2, 0.25) is 0 Å². The quantitative estimate of drug-likeness (QED) is 0.763. The Kier molecular flexibility index (Phi) is 2.74. The summed E-state index contributed by atoms with van der Waals surface area (Å²) in [7, 11) is 0. The number of nitrogens with two attached hydrogens (primary N) is 1. The average Bonchev–Trinajstić information content (AvgIpc) is 2.83. The van der Waals surface area contributed by atoms with Crippen molar-refractivity contribution >= 4 is 16.3 Å². The smallest absolute Gasteiger partial charge is 0.127 e. The van der Waals surface area contributed by atoms with Crippen LogP contribution in [0.15, 0.2) is 48.9 Å². The second-order valence-corrected chi connectivity index (χ2v) is 4.72. The van der Waals surface area contributed by atoms with Crippen LogP contribution in [0.3, 0.4) is 0 Å². The molecular weight excluding hydrogens is 244 g/mol. The first kappa shape index (κ1) is 10.9. The van der Waals surface area contributed by atoms with Crippen molar-refractivity contribution in [1.82, 2.24) is 15.0 Å². The molecule has 0 aromatic carbocycles. The molecule has 0 amide bonds. The van der Waals surface area contributed by atoms with Crippen LogP contribution < -0.4 is 5.73 Å². The minimum Gasteiger partial charge on any atom is -0.389 e. The maximum atomic E-state index is 6.01. The van der Waals surface area contributed by atoms with Crippen LogP contribution in [0.25, 0.3) is 22.0 Å². The Morgan fingerprint density at radius 3 is 2.72 bits per heavy atom. The third-order valence-electron chi connectivity index (χ3n) is 2.47. The van der Waals surface area contributed by atoms with Gasteiger partial charge in [0.15, 0.2) is 0 Å². The van der Waals surface area contributed by atoms with E-state index in [4.69, 9.17) is 5.73 Å². The minimum atomic E-state index is 0.674. The van der Waals surface area contributed by atoms with Gasteiger partial charge >= 0.3 is 0 Å². The highest BCUT2D eigenvalue weighted by Crippen LogP contribution is 2.34. The number of rotatable bonds is 2. The standard InChI is InChI=1S/C13H10N4S/c14-12-11(10-5-1-2-7-16-10)17-13(18-12)9-4-3-6-15-8-9/h1-8H,14H2. The number of hydrogen-bond donors (Lipinski definition) is 1. The monoisotopic (exact) mass is 254 g/mol. The van der Waals surface area contributed by atoms with E-state index < -0.39 is 0 Å². The molecule has 0 atom stereocenters. The number of nitrogens with zero attached hydrogens (tertiary/aromatic N) is 3. The molecule has 5 heteroatoms. The second kappa shape index (κ2) is 4.54. The average molecular weight is 254 g/mol. The van der Waals surface area contributed by atoms with Gasteiger partial charge in [0.25, 0.3) is 0 Å². The number of pyridine rings is 2. The van der Waals surface area contributed by atoms with Gasteiger partial charge in [-0.25, -0.2) is 4.98 Å². The first-order valence-electron chi connectivity index (χ1n) is 5.43. The van der Waals surface area contributed by atoms with Crippen molar-refractivity contribution in [2.24, 2.45) is 0 Å². The Morgan fingerprint density at radius 2 is 2.00 bits per heavy atom. The van der Waals surface area contributed by atoms with E-state index in [9.17, 15) is 0 Å². The van der Waals surface area contributed by atoms with Gasteiger partial charge in [-0.15, -0.1) is 0 Å². The van der Waals surface area contributed by atoms with Crippen molar-refractivity contribution in [3.63, 3.8) is 0 Å². The highest BCUT2D eigenvalue weighted by Gasteiger charge is 2.12. The van der Waals surface area contributed by atoms with Crippen LogP contribution in [0.4, 0.5) is 5.00 Å². The predicted molar refractivity (Wildman–Crippen MR) is 73.0 cm³/mol. The molecule has 0 aliphatic rings. The number of nitrogen functional groups attached to an aromatic ring is 1. The van der Waals surface area contributed by atoms with E-state index in [2.05, 4.69) is 15.0 Å². The molecule has 0 unspecified atom stereocenters. The molecule has 18 heavy (non-hydrogen) atoms. The van der Waals surface area contributed by atoms with E-state index in [1.807, 2.05) is 30.3 Å². The molecule has 3 heterocycles. The van der Waals surface area contributed by atoms with E-state index >= 15 is 0 Å². The molecule has 0 saturated heterocycles. The first-order chi connectivity index (χ1) is 8.84. The van der Waals surface area contributed by atoms with E-state index in [0.29, 0.717) is 5.00 Å². The van der Waals surface area contributed by atoms with Crippen LogP contribution in [0.1, 0.15) is 0 Å². The topological polar surface area (TPSA) is 64.7 Å². The third kappa shape index (κ3) is 1.96. The fourth-order valence-corrected chi connectivity index (χ4v) is 2.46. The van der Waals surface area contributed by atoms with E-state index in [1.54, 1.807) is 18.6 Å². The van der Waals surface area contributed by atoms with E-state index in [1.165, 1.54) is 11.3 Å². The SMILES string of the molecule is Nc1sc(-c2cccnc2)nc1-c1ccccn1. The fourth-order valence-electron chi connectivity index (χ4n) is 1.63. The largest absolute Gasteiger partial charge is 0.389 e. The van der Waals surface area contributed by atoms with Crippen LogP contribution >= 0.6 is 11.3 Å². The first-order valence-corrected chi connectivity index (χ1v) is 6.24. The third-order valence-corrected chi connectivity index (χ3v) is 3.40. The zero-order valence-electron chi connectivity index (χ0n) is 9.45. The van der Waals surface area contributed by atoms with Crippen LogP contribution in [0.5, 0.6) is 0 Å². The number of hydrogen-bond acceptors (Lipinski definition) is 5. The van der Waals surface area contributed by atoms with Gasteiger partial charge in [-0.1, -0.05) is 17.4 Å². The van der Waals surface area contributed by atoms with E-state index in [-0.39, 0.29) is 0 Å². The summed E-state index contributed by atoms with van der Waals surface area (Å²) in [5.41, 5.74) is 8.50. The summed E-state index contributed by atoms with van der Waals surface area (Å²) in [5, 5.41) is 1.54. The Morgan fingerprint density at radius 1 is 1.06 bits per heavy atom. The predicted octanol–water partition coefficient (Wildman–Crippen LogP) is 2.85. The lowest BCUT2D eigenvalue weighted by Gasteiger charge is -1.95. The molecule has 3 aromatic heterocycles. The van der Waals surface area contributed by atoms with Gasteiger partial charge in [0, 0.05) is 24.2 Å². The van der Waals surface area contributed by atoms with Crippen molar-refractivity contribution in [2.75, 3.05) is 5.73 Å². The maximum Gasteiger partial charge on any atom is 0.127 e. The highest BCUT2D eigenvalue weighted by molar-refractivity contribution is 7.19. The van der Waals surface area contributed by atoms with Gasteiger partial charge < -0.3 is 5.73 Å². The normalized spacial score (nSPS) is 10.4. The lowest BCUT2D eigenvalue weighted by atomic mass is 10.2. The van der Waals surface area contributed by atoms with Gasteiger partial charge in [0.2, 0.25) is 0 Å². The zero-order chi connectivity index (χ0) is 12.4. The van der Waals surface area contributed by atoms with Crippen molar-refractivity contribution in [2.45, 2.75) is 0 Å². The summed E-state index contributed by atoms with van der Waals surface area (Å²) < 4.78 is 0. The van der Waals surface area contributed by atoms with Crippen molar-refractivity contribution in [3.05, 3.63) is 48.9 Å². The molecule has 4 nitrogen and oxygen atoms in total. The van der Waals surface area contributed by atoms with Crippen molar-refractivity contribution in [3.8, 4) is 22.0 Å². The fraction of sp³-hybridized carbons (Fsp3) is 0. The summed E-state index contributed by atoms with van der Waals surface area (Å²) in [4.78, 5) is 12.9. The molecule has 0 aliphatic carbocycles. The van der Waals surface area contributed by atoms with Gasteiger partial charge in [-0.3, -0.25) is 9.97 Å². The van der Waals surface area contributed by atoms with Crippen molar-refractivity contribution in [1.29, 1.82) is 0 Å². The van der Waals surface area contributed by atoms with Gasteiger partial charge in [-0.05, 0) is 24.3 Å². The lowest BCUT2D eigenvalue weighted by molar-refractivity contribution is 1.27. The maximum absolute atomic E-state index is 6.01. The Balaban J connectivity index is 2.07. The molecule has 0 radical (unpaired) electrons. The minimum absolute atomic E-state index is 0.674. The van der Waals surface area contributed by atoms with Gasteiger partial charge in [0.05, 0.1) is 5.69 Å². The molecule has 3 aromatic rings. The van der Waals surface area contributed by atoms with Crippen molar-refractivity contribution < 1.29 is 0 Å². The van der Waals surface area contributed by atoms with Gasteiger partial charge in [0.1, 0.15) is 15.7 Å². The molecule has 0 fully saturated rings. The molecule has 2 N–H and O–H groups in total. The van der Waals surface area contributed by atoms with E-state index in [0.717, 1.165) is 22.0 Å². The summed E-state index contributed by atoms with van der Waals surface area (Å²) in [5.74, 6) is 0. The number of anilines is 1. The second-order valence-electron chi connectivity index (χ2n) is 3.69. The van der Waals surface area contributed by atoms with Crippen LogP contribution in [0, 0.1) is 0 Å². The van der Waals surface area contributed by atoms with Gasteiger partial charge in [-0.2, -0.15) is 0 Å². The molecule has 3 rings (SSSR count). The summed E-state index contributed by atoms with van der Waals surface area (Å²) >= 11 is 1.45. The van der Waals surface area contributed by atoms with Crippen LogP contribution in [-0.4, -0.2) is 15.0 Å². The summed E-state index contributed by atoms with van der Waals surface area (Å²) in [6, 6.07) is 9.54.